The Morgan fingerprint density at radius 1 is 1.12 bits per heavy atom. The van der Waals surface area contributed by atoms with Crippen molar-refractivity contribution in [2.75, 3.05) is 26.2 Å². The third-order valence-electron chi connectivity index (χ3n) is 4.08. The number of piperazine rings is 1. The number of benzene rings is 1. The molecule has 24 heavy (non-hydrogen) atoms. The number of aromatic nitrogens is 2. The summed E-state index contributed by atoms with van der Waals surface area (Å²) in [6, 6.07) is 11.5. The van der Waals surface area contributed by atoms with E-state index in [4.69, 9.17) is 0 Å². The Morgan fingerprint density at radius 3 is 2.46 bits per heavy atom. The molecule has 8 heteroatoms. The van der Waals surface area contributed by atoms with Crippen molar-refractivity contribution in [2.24, 2.45) is 0 Å². The highest BCUT2D eigenvalue weighted by molar-refractivity contribution is 5.76. The first-order valence-corrected chi connectivity index (χ1v) is 7.84. The molecule has 2 aromatic rings. The van der Waals surface area contributed by atoms with E-state index in [0.717, 1.165) is 19.6 Å². The van der Waals surface area contributed by atoms with Crippen molar-refractivity contribution in [1.29, 1.82) is 0 Å². The zero-order valence-electron chi connectivity index (χ0n) is 13.2. The molecule has 8 nitrogen and oxygen atoms in total. The lowest BCUT2D eigenvalue weighted by Crippen LogP contribution is -2.49. The van der Waals surface area contributed by atoms with E-state index >= 15 is 0 Å². The topological polar surface area (TPSA) is 84.5 Å². The molecule has 1 aromatic heterocycles. The number of nitro groups is 1. The summed E-state index contributed by atoms with van der Waals surface area (Å²) in [5.74, 6) is -0.303. The van der Waals surface area contributed by atoms with Crippen LogP contribution in [0.1, 0.15) is 5.56 Å². The minimum Gasteiger partial charge on any atom is -0.358 e. The number of nitrogens with zero attached hydrogens (tertiary/aromatic N) is 5. The first-order valence-electron chi connectivity index (χ1n) is 7.84. The Labute approximate surface area is 139 Å². The van der Waals surface area contributed by atoms with E-state index in [-0.39, 0.29) is 18.3 Å². The standard InChI is InChI=1S/C16H19N5O3/c22-16(13-20-7-6-15(17-20)21(23)24)19-10-8-18(9-11-19)12-14-4-2-1-3-5-14/h1-7H,8-13H2. The van der Waals surface area contributed by atoms with Gasteiger partial charge in [0.15, 0.2) is 0 Å². The van der Waals surface area contributed by atoms with Gasteiger partial charge in [0.2, 0.25) is 5.91 Å². The number of hydrogen-bond acceptors (Lipinski definition) is 5. The summed E-state index contributed by atoms with van der Waals surface area (Å²) in [5.41, 5.74) is 1.26. The van der Waals surface area contributed by atoms with Crippen LogP contribution in [0.15, 0.2) is 42.6 Å². The maximum Gasteiger partial charge on any atom is 0.389 e. The van der Waals surface area contributed by atoms with Crippen LogP contribution >= 0.6 is 0 Å². The van der Waals surface area contributed by atoms with Crippen LogP contribution in [0.4, 0.5) is 5.82 Å². The molecule has 126 valence electrons. The molecule has 1 amide bonds. The molecule has 0 aliphatic carbocycles. The van der Waals surface area contributed by atoms with Gasteiger partial charge in [0.05, 0.1) is 17.4 Å². The molecule has 1 fully saturated rings. The van der Waals surface area contributed by atoms with Gasteiger partial charge >= 0.3 is 5.82 Å². The molecule has 0 atom stereocenters. The number of hydrogen-bond donors (Lipinski definition) is 0. The van der Waals surface area contributed by atoms with Crippen LogP contribution in [0.25, 0.3) is 0 Å². The summed E-state index contributed by atoms with van der Waals surface area (Å²) in [6.45, 7) is 3.88. The minimum absolute atomic E-state index is 0.0343. The summed E-state index contributed by atoms with van der Waals surface area (Å²) >= 11 is 0. The van der Waals surface area contributed by atoms with Crippen molar-refractivity contribution in [3.8, 4) is 0 Å². The van der Waals surface area contributed by atoms with Gasteiger partial charge in [0.25, 0.3) is 0 Å². The van der Waals surface area contributed by atoms with Crippen LogP contribution in [0.2, 0.25) is 0 Å². The molecule has 0 bridgehead atoms. The quantitative estimate of drug-likeness (QED) is 0.606. The highest BCUT2D eigenvalue weighted by Gasteiger charge is 2.22. The fraction of sp³-hybridized carbons (Fsp3) is 0.375. The van der Waals surface area contributed by atoms with Crippen molar-refractivity contribution in [1.82, 2.24) is 19.6 Å². The number of amides is 1. The van der Waals surface area contributed by atoms with E-state index in [2.05, 4.69) is 22.1 Å². The number of rotatable bonds is 5. The lowest BCUT2D eigenvalue weighted by molar-refractivity contribution is -0.389. The first-order chi connectivity index (χ1) is 11.6. The van der Waals surface area contributed by atoms with Crippen molar-refractivity contribution >= 4 is 11.7 Å². The van der Waals surface area contributed by atoms with Crippen molar-refractivity contribution in [2.45, 2.75) is 13.1 Å². The predicted molar refractivity (Wildman–Crippen MR) is 87.2 cm³/mol. The molecule has 1 aliphatic heterocycles. The lowest BCUT2D eigenvalue weighted by Gasteiger charge is -2.34. The van der Waals surface area contributed by atoms with Gasteiger partial charge in [-0.25, -0.2) is 0 Å². The summed E-state index contributed by atoms with van der Waals surface area (Å²) < 4.78 is 1.32. The Balaban J connectivity index is 1.48. The van der Waals surface area contributed by atoms with E-state index in [1.165, 1.54) is 22.5 Å². The summed E-state index contributed by atoms with van der Waals surface area (Å²) in [5, 5.41) is 14.4. The molecule has 0 spiro atoms. The second kappa shape index (κ2) is 7.22. The van der Waals surface area contributed by atoms with Crippen molar-refractivity contribution in [3.63, 3.8) is 0 Å². The van der Waals surface area contributed by atoms with Gasteiger partial charge in [-0.1, -0.05) is 30.3 Å². The lowest BCUT2D eigenvalue weighted by atomic mass is 10.2. The first kappa shape index (κ1) is 16.1. The van der Waals surface area contributed by atoms with Gasteiger partial charge in [0, 0.05) is 32.7 Å². The Bertz CT molecular complexity index is 708. The van der Waals surface area contributed by atoms with E-state index in [0.29, 0.717) is 13.1 Å². The summed E-state index contributed by atoms with van der Waals surface area (Å²) in [4.78, 5) is 26.4. The Morgan fingerprint density at radius 2 is 1.83 bits per heavy atom. The minimum atomic E-state index is -0.566. The van der Waals surface area contributed by atoms with Crippen LogP contribution in [-0.4, -0.2) is 56.6 Å². The highest BCUT2D eigenvalue weighted by atomic mass is 16.6. The third-order valence-corrected chi connectivity index (χ3v) is 4.08. The van der Waals surface area contributed by atoms with Crippen LogP contribution in [0, 0.1) is 10.1 Å². The molecule has 0 radical (unpaired) electrons. The molecule has 1 aromatic carbocycles. The van der Waals surface area contributed by atoms with E-state index in [1.807, 2.05) is 18.2 Å². The van der Waals surface area contributed by atoms with Crippen molar-refractivity contribution in [3.05, 3.63) is 58.3 Å². The fourth-order valence-corrected chi connectivity index (χ4v) is 2.77. The van der Waals surface area contributed by atoms with Crippen LogP contribution in [0.3, 0.4) is 0 Å². The molecule has 0 N–H and O–H groups in total. The van der Waals surface area contributed by atoms with Crippen LogP contribution in [-0.2, 0) is 17.9 Å². The molecule has 1 aliphatic rings. The Kier molecular flexibility index (Phi) is 4.85. The molecule has 0 saturated carbocycles. The monoisotopic (exact) mass is 329 g/mol. The van der Waals surface area contributed by atoms with E-state index < -0.39 is 4.92 Å². The van der Waals surface area contributed by atoms with Crippen LogP contribution in [0.5, 0.6) is 0 Å². The Hall–Kier alpha value is -2.74. The fourth-order valence-electron chi connectivity index (χ4n) is 2.77. The largest absolute Gasteiger partial charge is 0.389 e. The van der Waals surface area contributed by atoms with E-state index in [9.17, 15) is 14.9 Å². The van der Waals surface area contributed by atoms with Gasteiger partial charge in [-0.2, -0.15) is 4.68 Å². The summed E-state index contributed by atoms with van der Waals surface area (Å²) in [6.07, 6.45) is 1.46. The zero-order valence-corrected chi connectivity index (χ0v) is 13.2. The van der Waals surface area contributed by atoms with Gasteiger partial charge in [-0.3, -0.25) is 9.69 Å². The SMILES string of the molecule is O=C(Cn1ccc([N+](=O)[O-])n1)N1CCN(Cc2ccccc2)CC1. The normalized spacial score (nSPS) is 15.4. The smallest absolute Gasteiger partial charge is 0.358 e. The molecular formula is C16H19N5O3. The second-order valence-electron chi connectivity index (χ2n) is 5.77. The number of carbonyl (C=O) groups excluding carboxylic acids is 1. The van der Waals surface area contributed by atoms with Gasteiger partial charge in [-0.15, -0.1) is 0 Å². The average molecular weight is 329 g/mol. The van der Waals surface area contributed by atoms with Gasteiger partial charge in [-0.05, 0) is 10.5 Å². The second-order valence-corrected chi connectivity index (χ2v) is 5.77. The van der Waals surface area contributed by atoms with Crippen LogP contribution < -0.4 is 0 Å². The van der Waals surface area contributed by atoms with Gasteiger partial charge < -0.3 is 15.0 Å². The van der Waals surface area contributed by atoms with Gasteiger partial charge in [0.1, 0.15) is 6.54 Å². The third kappa shape index (κ3) is 3.96. The summed E-state index contributed by atoms with van der Waals surface area (Å²) in [7, 11) is 0. The predicted octanol–water partition coefficient (Wildman–Crippen LogP) is 1.14. The zero-order chi connectivity index (χ0) is 16.9. The molecule has 2 heterocycles. The molecule has 3 rings (SSSR count). The molecule has 1 saturated heterocycles. The van der Waals surface area contributed by atoms with E-state index in [1.54, 1.807) is 4.90 Å². The highest BCUT2D eigenvalue weighted by Crippen LogP contribution is 2.10. The number of carbonyl (C=O) groups is 1. The average Bonchev–Trinajstić information content (AvgIpc) is 3.05. The molecule has 0 unspecified atom stereocenters. The van der Waals surface area contributed by atoms with Crippen molar-refractivity contribution < 1.29 is 9.72 Å². The maximum atomic E-state index is 12.3. The molecular weight excluding hydrogens is 310 g/mol. The maximum absolute atomic E-state index is 12.3.